The van der Waals surface area contributed by atoms with Crippen molar-refractivity contribution in [1.29, 1.82) is 0 Å². The van der Waals surface area contributed by atoms with Gasteiger partial charge in [0.05, 0.1) is 29.9 Å². The van der Waals surface area contributed by atoms with Crippen LogP contribution >= 0.6 is 0 Å². The highest BCUT2D eigenvalue weighted by Crippen LogP contribution is 2.31. The van der Waals surface area contributed by atoms with Crippen LogP contribution in [-0.4, -0.2) is 34.8 Å². The molecule has 10 heteroatoms. The van der Waals surface area contributed by atoms with Crippen LogP contribution in [0.5, 0.6) is 0 Å². The van der Waals surface area contributed by atoms with Crippen LogP contribution in [0.25, 0.3) is 21.9 Å². The summed E-state index contributed by atoms with van der Waals surface area (Å²) in [5, 5.41) is 3.31. The van der Waals surface area contributed by atoms with E-state index in [4.69, 9.17) is 4.98 Å². The molecule has 1 aliphatic heterocycles. The third-order valence-corrected chi connectivity index (χ3v) is 8.90. The summed E-state index contributed by atoms with van der Waals surface area (Å²) in [4.78, 5) is 33.0. The number of amides is 2. The topological polar surface area (TPSA) is 126 Å². The molecule has 2 aromatic heterocycles. The SMILES string of the molecule is Cn1cc(CC(=O)N[C@@H](Cc2ccc(C3CC(=O)NS3(=O)=O)cc2)c2nc3ccccc3[nH]2)c2ccccc21. The van der Waals surface area contributed by atoms with Gasteiger partial charge < -0.3 is 14.9 Å². The molecular formula is C29H27N5O4S. The maximum atomic E-state index is 13.3. The number of imidazole rings is 1. The smallest absolute Gasteiger partial charge is 0.242 e. The lowest BCUT2D eigenvalue weighted by molar-refractivity contribution is -0.121. The van der Waals surface area contributed by atoms with E-state index in [1.165, 1.54) is 0 Å². The second kappa shape index (κ2) is 9.70. The number of aromatic amines is 1. The van der Waals surface area contributed by atoms with Gasteiger partial charge in [0, 0.05) is 24.1 Å². The molecule has 1 unspecified atom stereocenters. The molecule has 3 aromatic carbocycles. The first-order valence-corrected chi connectivity index (χ1v) is 14.2. The Bertz CT molecular complexity index is 1790. The van der Waals surface area contributed by atoms with Gasteiger partial charge in [0.2, 0.25) is 21.8 Å². The Hall–Kier alpha value is -4.44. The molecule has 3 N–H and O–H groups in total. The van der Waals surface area contributed by atoms with E-state index in [1.54, 1.807) is 12.1 Å². The Kier molecular flexibility index (Phi) is 6.19. The van der Waals surface area contributed by atoms with Crippen LogP contribution < -0.4 is 10.0 Å². The molecule has 198 valence electrons. The molecule has 9 nitrogen and oxygen atoms in total. The van der Waals surface area contributed by atoms with E-state index >= 15 is 0 Å². The molecule has 2 atom stereocenters. The Morgan fingerprint density at radius 3 is 2.56 bits per heavy atom. The van der Waals surface area contributed by atoms with Gasteiger partial charge in [-0.1, -0.05) is 54.6 Å². The fourth-order valence-corrected chi connectivity index (χ4v) is 6.72. The van der Waals surface area contributed by atoms with Gasteiger partial charge in [-0.3, -0.25) is 14.3 Å². The van der Waals surface area contributed by atoms with Crippen molar-refractivity contribution in [2.24, 2.45) is 7.05 Å². The zero-order valence-electron chi connectivity index (χ0n) is 21.2. The van der Waals surface area contributed by atoms with Crippen molar-refractivity contribution in [3.8, 4) is 0 Å². The largest absolute Gasteiger partial charge is 0.350 e. The lowest BCUT2D eigenvalue weighted by Crippen LogP contribution is -2.32. The molecular weight excluding hydrogens is 514 g/mol. The molecule has 1 saturated heterocycles. The number of benzene rings is 3. The number of carbonyl (C=O) groups excluding carboxylic acids is 2. The molecule has 0 spiro atoms. The third kappa shape index (κ3) is 4.90. The highest BCUT2D eigenvalue weighted by molar-refractivity contribution is 7.90. The van der Waals surface area contributed by atoms with Crippen molar-refractivity contribution < 1.29 is 18.0 Å². The first-order valence-electron chi connectivity index (χ1n) is 12.7. The van der Waals surface area contributed by atoms with Gasteiger partial charge in [0.1, 0.15) is 11.1 Å². The van der Waals surface area contributed by atoms with Crippen LogP contribution in [0.2, 0.25) is 0 Å². The zero-order chi connectivity index (χ0) is 27.1. The number of carbonyl (C=O) groups is 2. The average Bonchev–Trinajstić information content (AvgIpc) is 3.57. The van der Waals surface area contributed by atoms with Gasteiger partial charge in [0.15, 0.2) is 0 Å². The zero-order valence-corrected chi connectivity index (χ0v) is 22.0. The van der Waals surface area contributed by atoms with Gasteiger partial charge in [-0.15, -0.1) is 0 Å². The van der Waals surface area contributed by atoms with Gasteiger partial charge >= 0.3 is 0 Å². The molecule has 0 aliphatic carbocycles. The lowest BCUT2D eigenvalue weighted by atomic mass is 10.0. The van der Waals surface area contributed by atoms with E-state index in [0.29, 0.717) is 17.8 Å². The van der Waals surface area contributed by atoms with Crippen LogP contribution in [0.15, 0.2) is 79.0 Å². The molecule has 0 saturated carbocycles. The number of rotatable bonds is 7. The average molecular weight is 542 g/mol. The minimum atomic E-state index is -3.72. The number of H-pyrrole nitrogens is 1. The summed E-state index contributed by atoms with van der Waals surface area (Å²) >= 11 is 0. The van der Waals surface area contributed by atoms with Crippen molar-refractivity contribution in [2.45, 2.75) is 30.6 Å². The number of sulfonamides is 1. The summed E-state index contributed by atoms with van der Waals surface area (Å²) in [6.07, 6.45) is 2.55. The minimum absolute atomic E-state index is 0.0898. The minimum Gasteiger partial charge on any atom is -0.350 e. The molecule has 1 fully saturated rings. The molecule has 5 aromatic rings. The van der Waals surface area contributed by atoms with E-state index in [0.717, 1.165) is 33.1 Å². The molecule has 2 amide bonds. The number of hydrogen-bond acceptors (Lipinski definition) is 5. The predicted octanol–water partition coefficient (Wildman–Crippen LogP) is 3.59. The number of aromatic nitrogens is 3. The van der Waals surface area contributed by atoms with Gasteiger partial charge in [-0.05, 0) is 41.3 Å². The van der Waals surface area contributed by atoms with Crippen LogP contribution in [-0.2, 0) is 39.5 Å². The summed E-state index contributed by atoms with van der Waals surface area (Å²) in [6.45, 7) is 0. The Balaban J connectivity index is 1.26. The molecule has 6 rings (SSSR count). The van der Waals surface area contributed by atoms with Crippen LogP contribution in [0.3, 0.4) is 0 Å². The van der Waals surface area contributed by atoms with Crippen LogP contribution in [0.4, 0.5) is 0 Å². The van der Waals surface area contributed by atoms with E-state index < -0.39 is 27.2 Å². The van der Waals surface area contributed by atoms with Crippen molar-refractivity contribution >= 4 is 43.8 Å². The van der Waals surface area contributed by atoms with Crippen LogP contribution in [0, 0.1) is 0 Å². The van der Waals surface area contributed by atoms with Crippen LogP contribution in [0.1, 0.15) is 40.2 Å². The fraction of sp³-hybridized carbons (Fsp3) is 0.207. The highest BCUT2D eigenvalue weighted by Gasteiger charge is 2.37. The number of aryl methyl sites for hydroxylation is 1. The lowest BCUT2D eigenvalue weighted by Gasteiger charge is -2.18. The number of hydrogen-bond donors (Lipinski definition) is 3. The van der Waals surface area contributed by atoms with Crippen molar-refractivity contribution in [3.05, 3.63) is 102 Å². The first-order chi connectivity index (χ1) is 18.8. The first kappa shape index (κ1) is 24.9. The summed E-state index contributed by atoms with van der Waals surface area (Å²) in [5.41, 5.74) is 5.14. The van der Waals surface area contributed by atoms with Crippen molar-refractivity contribution in [1.82, 2.24) is 24.6 Å². The Labute approximate surface area is 225 Å². The van der Waals surface area contributed by atoms with E-state index in [2.05, 4.69) is 10.3 Å². The standard InChI is InChI=1S/C29H27N5O4S/c1-34-17-20(21-6-2-5-9-25(21)34)15-27(35)30-24(29-31-22-7-3-4-8-23(22)32-29)14-18-10-12-19(13-11-18)26-16-28(36)33-39(26,37)38/h2-13,17,24,26H,14-16H2,1H3,(H,30,35)(H,31,32)(H,33,36)/t24-,26?/m0/s1. The second-order valence-electron chi connectivity index (χ2n) is 9.93. The van der Waals surface area contributed by atoms with E-state index in [-0.39, 0.29) is 18.7 Å². The maximum Gasteiger partial charge on any atom is 0.242 e. The van der Waals surface area contributed by atoms with Gasteiger partial charge in [-0.25, -0.2) is 13.4 Å². The number of nitrogens with one attached hydrogen (secondary N) is 3. The Morgan fingerprint density at radius 1 is 1.08 bits per heavy atom. The monoisotopic (exact) mass is 541 g/mol. The van der Waals surface area contributed by atoms with Gasteiger partial charge in [0.25, 0.3) is 0 Å². The normalized spacial score (nSPS) is 17.4. The van der Waals surface area contributed by atoms with Crippen molar-refractivity contribution in [3.63, 3.8) is 0 Å². The molecule has 1 aliphatic rings. The third-order valence-electron chi connectivity index (χ3n) is 7.20. The Morgan fingerprint density at radius 2 is 1.82 bits per heavy atom. The summed E-state index contributed by atoms with van der Waals surface area (Å²) < 4.78 is 28.6. The van der Waals surface area contributed by atoms with Crippen molar-refractivity contribution in [2.75, 3.05) is 0 Å². The predicted molar refractivity (Wildman–Crippen MR) is 148 cm³/mol. The molecule has 0 bridgehead atoms. The fourth-order valence-electron chi connectivity index (χ4n) is 5.29. The summed E-state index contributed by atoms with van der Waals surface area (Å²) in [5.74, 6) is 0.0118. The summed E-state index contributed by atoms with van der Waals surface area (Å²) in [7, 11) is -1.75. The van der Waals surface area contributed by atoms with E-state index in [9.17, 15) is 18.0 Å². The highest BCUT2D eigenvalue weighted by atomic mass is 32.2. The number of para-hydroxylation sites is 3. The number of nitrogens with zero attached hydrogens (tertiary/aromatic N) is 2. The number of fused-ring (bicyclic) bond motifs is 2. The quantitative estimate of drug-likeness (QED) is 0.290. The molecule has 39 heavy (non-hydrogen) atoms. The summed E-state index contributed by atoms with van der Waals surface area (Å²) in [6, 6.07) is 22.4. The van der Waals surface area contributed by atoms with E-state index in [1.807, 2.05) is 83.2 Å². The molecule has 3 heterocycles. The molecule has 0 radical (unpaired) electrons. The maximum absolute atomic E-state index is 13.3. The second-order valence-corrected chi connectivity index (χ2v) is 11.8. The van der Waals surface area contributed by atoms with Gasteiger partial charge in [-0.2, -0.15) is 0 Å².